The molecule has 0 aromatic heterocycles. The van der Waals surface area contributed by atoms with Crippen LogP contribution in [0.4, 0.5) is 0 Å². The lowest BCUT2D eigenvalue weighted by atomic mass is 9.99. The summed E-state index contributed by atoms with van der Waals surface area (Å²) in [6, 6.07) is 1.49. The van der Waals surface area contributed by atoms with E-state index in [0.29, 0.717) is 6.10 Å². The molecule has 0 spiro atoms. The van der Waals surface area contributed by atoms with Gasteiger partial charge >= 0.3 is 0 Å². The third-order valence-electron chi connectivity index (χ3n) is 4.44. The first kappa shape index (κ1) is 14.3. The van der Waals surface area contributed by atoms with Gasteiger partial charge in [0.25, 0.3) is 0 Å². The van der Waals surface area contributed by atoms with E-state index in [0.717, 1.165) is 25.1 Å². The Balaban J connectivity index is 1.86. The average molecular weight is 254 g/mol. The topological polar surface area (TPSA) is 24.5 Å². The second-order valence-corrected chi connectivity index (χ2v) is 5.87. The number of hydrogen-bond donors (Lipinski definition) is 1. The predicted molar refractivity (Wildman–Crippen MR) is 75.9 cm³/mol. The Bertz CT molecular complexity index is 229. The van der Waals surface area contributed by atoms with E-state index in [9.17, 15) is 0 Å². The fourth-order valence-corrected chi connectivity index (χ4v) is 3.38. The molecule has 3 heteroatoms. The van der Waals surface area contributed by atoms with Crippen molar-refractivity contribution in [1.82, 2.24) is 10.2 Å². The van der Waals surface area contributed by atoms with Gasteiger partial charge in [-0.3, -0.25) is 4.90 Å². The number of ether oxygens (including phenoxy) is 1. The van der Waals surface area contributed by atoms with Gasteiger partial charge in [-0.05, 0) is 51.6 Å². The number of nitrogens with zero attached hydrogens (tertiary/aromatic N) is 1. The summed E-state index contributed by atoms with van der Waals surface area (Å²) in [6.07, 6.45) is 8.11. The van der Waals surface area contributed by atoms with Crippen molar-refractivity contribution >= 4 is 0 Å². The van der Waals surface area contributed by atoms with E-state index in [1.807, 2.05) is 0 Å². The van der Waals surface area contributed by atoms with Gasteiger partial charge in [0, 0.05) is 25.2 Å². The van der Waals surface area contributed by atoms with Crippen molar-refractivity contribution in [1.29, 1.82) is 0 Å². The second kappa shape index (κ2) is 7.46. The van der Waals surface area contributed by atoms with Gasteiger partial charge in [-0.1, -0.05) is 13.8 Å². The summed E-state index contributed by atoms with van der Waals surface area (Å²) in [4.78, 5) is 2.73. The van der Waals surface area contributed by atoms with Crippen LogP contribution in [0.3, 0.4) is 0 Å². The van der Waals surface area contributed by atoms with Crippen molar-refractivity contribution in [2.45, 2.75) is 70.6 Å². The van der Waals surface area contributed by atoms with Gasteiger partial charge < -0.3 is 10.1 Å². The standard InChI is InChI=1S/C15H30N2O/c1-3-9-17(12-13-6-5-8-16-13)14-7-10-18-15(4-2)11-14/h13-16H,3-12H2,1-2H3. The Kier molecular flexibility index (Phi) is 5.93. The minimum Gasteiger partial charge on any atom is -0.378 e. The zero-order valence-electron chi connectivity index (χ0n) is 12.2. The van der Waals surface area contributed by atoms with Gasteiger partial charge in [0.05, 0.1) is 6.10 Å². The Hall–Kier alpha value is -0.120. The van der Waals surface area contributed by atoms with Crippen molar-refractivity contribution in [3.63, 3.8) is 0 Å². The lowest BCUT2D eigenvalue weighted by Crippen LogP contribution is -2.47. The maximum atomic E-state index is 5.81. The number of rotatable bonds is 6. The SMILES string of the molecule is CCCN(CC1CCCN1)C1CCOC(CC)C1. The summed E-state index contributed by atoms with van der Waals surface area (Å²) in [5.41, 5.74) is 0. The minimum absolute atomic E-state index is 0.500. The van der Waals surface area contributed by atoms with Gasteiger partial charge in [-0.25, -0.2) is 0 Å². The molecule has 2 heterocycles. The van der Waals surface area contributed by atoms with E-state index < -0.39 is 0 Å². The Morgan fingerprint density at radius 1 is 1.28 bits per heavy atom. The molecule has 18 heavy (non-hydrogen) atoms. The molecule has 3 nitrogen and oxygen atoms in total. The molecule has 0 bridgehead atoms. The monoisotopic (exact) mass is 254 g/mol. The zero-order valence-corrected chi connectivity index (χ0v) is 12.2. The summed E-state index contributed by atoms with van der Waals surface area (Å²) in [7, 11) is 0. The molecule has 0 aliphatic carbocycles. The second-order valence-electron chi connectivity index (χ2n) is 5.87. The third-order valence-corrected chi connectivity index (χ3v) is 4.44. The molecule has 0 saturated carbocycles. The van der Waals surface area contributed by atoms with Crippen molar-refractivity contribution in [3.05, 3.63) is 0 Å². The zero-order chi connectivity index (χ0) is 12.8. The molecular weight excluding hydrogens is 224 g/mol. The van der Waals surface area contributed by atoms with Gasteiger partial charge in [-0.2, -0.15) is 0 Å². The van der Waals surface area contributed by atoms with E-state index in [2.05, 4.69) is 24.1 Å². The highest BCUT2D eigenvalue weighted by molar-refractivity contribution is 4.84. The molecule has 2 fully saturated rings. The molecule has 1 N–H and O–H groups in total. The van der Waals surface area contributed by atoms with Crippen LogP contribution in [0.25, 0.3) is 0 Å². The molecule has 0 aromatic rings. The Labute approximate surface area is 112 Å². The molecule has 2 aliphatic rings. The van der Waals surface area contributed by atoms with E-state index in [1.165, 1.54) is 51.7 Å². The molecule has 0 amide bonds. The van der Waals surface area contributed by atoms with E-state index >= 15 is 0 Å². The molecule has 3 unspecified atom stereocenters. The smallest absolute Gasteiger partial charge is 0.0587 e. The van der Waals surface area contributed by atoms with Crippen LogP contribution in [-0.2, 0) is 4.74 Å². The summed E-state index contributed by atoms with van der Waals surface area (Å²) >= 11 is 0. The van der Waals surface area contributed by atoms with Crippen LogP contribution < -0.4 is 5.32 Å². The average Bonchev–Trinajstić information content (AvgIpc) is 2.91. The summed E-state index contributed by atoms with van der Waals surface area (Å²) < 4.78 is 5.81. The molecular formula is C15H30N2O. The van der Waals surface area contributed by atoms with Gasteiger partial charge in [0.2, 0.25) is 0 Å². The molecule has 3 atom stereocenters. The first-order chi connectivity index (χ1) is 8.83. The van der Waals surface area contributed by atoms with Crippen molar-refractivity contribution in [3.8, 4) is 0 Å². The highest BCUT2D eigenvalue weighted by atomic mass is 16.5. The maximum absolute atomic E-state index is 5.81. The molecule has 2 saturated heterocycles. The minimum atomic E-state index is 0.500. The Morgan fingerprint density at radius 2 is 2.17 bits per heavy atom. The third kappa shape index (κ3) is 3.94. The van der Waals surface area contributed by atoms with Crippen molar-refractivity contribution < 1.29 is 4.74 Å². The normalized spacial score (nSPS) is 33.2. The molecule has 2 rings (SSSR count). The fourth-order valence-electron chi connectivity index (χ4n) is 3.38. The van der Waals surface area contributed by atoms with Crippen LogP contribution in [0.5, 0.6) is 0 Å². The molecule has 0 aromatic carbocycles. The van der Waals surface area contributed by atoms with E-state index in [4.69, 9.17) is 4.74 Å². The van der Waals surface area contributed by atoms with Crippen LogP contribution >= 0.6 is 0 Å². The van der Waals surface area contributed by atoms with Gasteiger partial charge in [0.1, 0.15) is 0 Å². The first-order valence-corrected chi connectivity index (χ1v) is 7.92. The van der Waals surface area contributed by atoms with Gasteiger partial charge in [0.15, 0.2) is 0 Å². The highest BCUT2D eigenvalue weighted by Crippen LogP contribution is 2.22. The maximum Gasteiger partial charge on any atom is 0.0587 e. The molecule has 106 valence electrons. The van der Waals surface area contributed by atoms with E-state index in [1.54, 1.807) is 0 Å². The predicted octanol–water partition coefficient (Wildman–Crippen LogP) is 2.41. The van der Waals surface area contributed by atoms with Crippen LogP contribution in [-0.4, -0.2) is 49.3 Å². The molecule has 0 radical (unpaired) electrons. The highest BCUT2D eigenvalue weighted by Gasteiger charge is 2.28. The quantitative estimate of drug-likeness (QED) is 0.788. The lowest BCUT2D eigenvalue weighted by Gasteiger charge is -2.38. The van der Waals surface area contributed by atoms with E-state index in [-0.39, 0.29) is 0 Å². The largest absolute Gasteiger partial charge is 0.378 e. The number of nitrogens with one attached hydrogen (secondary N) is 1. The lowest BCUT2D eigenvalue weighted by molar-refractivity contribution is -0.0296. The summed E-state index contributed by atoms with van der Waals surface area (Å²) in [6.45, 7) is 9.22. The Morgan fingerprint density at radius 3 is 2.83 bits per heavy atom. The molecule has 2 aliphatic heterocycles. The van der Waals surface area contributed by atoms with Crippen molar-refractivity contribution in [2.75, 3.05) is 26.2 Å². The van der Waals surface area contributed by atoms with Crippen LogP contribution in [0, 0.1) is 0 Å². The van der Waals surface area contributed by atoms with Crippen LogP contribution in [0.1, 0.15) is 52.4 Å². The summed E-state index contributed by atoms with van der Waals surface area (Å²) in [5.74, 6) is 0. The first-order valence-electron chi connectivity index (χ1n) is 7.92. The van der Waals surface area contributed by atoms with Crippen LogP contribution in [0.15, 0.2) is 0 Å². The number of hydrogen-bond acceptors (Lipinski definition) is 3. The van der Waals surface area contributed by atoms with Crippen LogP contribution in [0.2, 0.25) is 0 Å². The summed E-state index contributed by atoms with van der Waals surface area (Å²) in [5, 5.41) is 3.64. The fraction of sp³-hybridized carbons (Fsp3) is 1.00. The van der Waals surface area contributed by atoms with Gasteiger partial charge in [-0.15, -0.1) is 0 Å². The van der Waals surface area contributed by atoms with Crippen molar-refractivity contribution in [2.24, 2.45) is 0 Å².